The van der Waals surface area contributed by atoms with Gasteiger partial charge in [0.05, 0.1) is 136 Å². The summed E-state index contributed by atoms with van der Waals surface area (Å²) in [6.07, 6.45) is 36.9. The Bertz CT molecular complexity index is 8040. The van der Waals surface area contributed by atoms with Gasteiger partial charge in [0.25, 0.3) is 0 Å². The molecule has 698 valence electrons. The summed E-state index contributed by atoms with van der Waals surface area (Å²) in [7, 11) is -14.5. The van der Waals surface area contributed by atoms with Crippen molar-refractivity contribution in [3.05, 3.63) is 189 Å². The maximum Gasteiger partial charge on any atom is 0.213 e. The molecule has 6 aliphatic rings. The van der Waals surface area contributed by atoms with Gasteiger partial charge in [-0.15, -0.1) is 0 Å². The van der Waals surface area contributed by atoms with Crippen LogP contribution in [-0.4, -0.2) is 269 Å². The van der Waals surface area contributed by atoms with Crippen LogP contribution < -0.4 is 0 Å². The van der Waals surface area contributed by atoms with Crippen molar-refractivity contribution in [2.45, 2.75) is 105 Å². The Morgan fingerprint density at radius 1 is 0.423 bits per heavy atom. The number of rotatable bonds is 24. The van der Waals surface area contributed by atoms with Crippen LogP contribution in [0.5, 0.6) is 0 Å². The standard InChI is InChI=1S/C21H21N7OS.C18H17N7O2S.C18H17N7OS.2C16H17N7O2S/c1-20(5-6-20)30(3,29)27-13-21(14-27,7-8-22)28-12-15(10-26-28)18-16-4-9-24-19(16)25-11-17(18)23-2;1-3-28(26,27)24-11-18(12-24,5-6-19)25-10-13(8-23-25)16-14-4-7-21-17(14)22-9-15(16)20-2;1-20-15-9-22-17-14(4-7-21-17)16(15)13-8-23-25(10-13)18(5-6-19)11-24(12-18)27(2,3)26;1-2-26(24,25)22-9-16(10-22,5-6-17)23-8-4-13(21-23)14-12-3-7-18-15(12)20-11-19-14;1-2-26(24,25)22-9-16(10-22,4-5-17)23-8-12(7-21-23)13-3-6-18-15-14(13)19-11-20-15/h4,9-12H,3,5-7,13-14H2,1H3,(H,24,25);4,7-10H,3,5,11-12H2,1H3,(H,21,22);4,7-10H,2,5,11-12H2,3H3,(H,21,22);3-4,7-8,11H,2,5,9-10H2,1H3,(H,18,19,20);3,6-8,11H,2,4,9-10H2,1H3,(H,18,19,20). The Hall–Kier alpha value is -15.0. The van der Waals surface area contributed by atoms with Crippen LogP contribution in [0.1, 0.15) is 72.6 Å². The number of imidazole rings is 1. The predicted octanol–water partition coefficient (Wildman–Crippen LogP) is 9.69. The minimum Gasteiger partial charge on any atom is -0.346 e. The zero-order valence-corrected chi connectivity index (χ0v) is 78.8. The number of aromatic nitrogens is 22. The third kappa shape index (κ3) is 16.9. The van der Waals surface area contributed by atoms with E-state index in [1.165, 1.54) is 25.4 Å². The fourth-order valence-electron chi connectivity index (χ4n) is 17.8. The van der Waals surface area contributed by atoms with Crippen LogP contribution in [0.15, 0.2) is 154 Å². The zero-order chi connectivity index (χ0) is 97.1. The van der Waals surface area contributed by atoms with Crippen molar-refractivity contribution in [2.24, 2.45) is 0 Å². The Labute approximate surface area is 787 Å². The first kappa shape index (κ1) is 93.8. The van der Waals surface area contributed by atoms with Crippen LogP contribution in [0.3, 0.4) is 0 Å². The number of pyridine rings is 4. The molecule has 5 aliphatic heterocycles. The predicted molar refractivity (Wildman–Crippen MR) is 512 cm³/mol. The largest absolute Gasteiger partial charge is 0.346 e. The molecule has 43 nitrogen and oxygen atoms in total. The summed E-state index contributed by atoms with van der Waals surface area (Å²) >= 11 is 0. The maximum atomic E-state index is 13.3. The van der Waals surface area contributed by atoms with Gasteiger partial charge in [-0.1, -0.05) is 0 Å². The Morgan fingerprint density at radius 3 is 1.14 bits per heavy atom. The number of nitrogens with one attached hydrogen (secondary N) is 5. The number of H-pyrrole nitrogens is 5. The molecule has 0 amide bonds. The summed E-state index contributed by atoms with van der Waals surface area (Å²) in [4.78, 5) is 55.7. The van der Waals surface area contributed by atoms with E-state index >= 15 is 0 Å². The van der Waals surface area contributed by atoms with E-state index in [1.807, 2.05) is 66.2 Å². The molecule has 1 aliphatic carbocycles. The van der Waals surface area contributed by atoms with Gasteiger partial charge in [-0.2, -0.15) is 64.7 Å². The third-order valence-corrected chi connectivity index (χ3v) is 35.9. The van der Waals surface area contributed by atoms with Crippen LogP contribution in [0.2, 0.25) is 0 Å². The highest BCUT2D eigenvalue weighted by Crippen LogP contribution is 2.50. The second-order valence-electron chi connectivity index (χ2n) is 34.8. The molecular formula is C89H89N35O8S5. The molecule has 137 heavy (non-hydrogen) atoms. The van der Waals surface area contributed by atoms with E-state index in [4.69, 9.17) is 19.7 Å². The smallest absolute Gasteiger partial charge is 0.213 e. The van der Waals surface area contributed by atoms with Crippen molar-refractivity contribution < 1.29 is 33.7 Å². The molecule has 6 fully saturated rings. The molecule has 0 aromatic carbocycles. The minimum absolute atomic E-state index is 0.0246. The van der Waals surface area contributed by atoms with Crippen LogP contribution in [0.25, 0.3) is 126 Å². The number of nitriles is 5. The molecule has 0 radical (unpaired) electrons. The first-order valence-electron chi connectivity index (χ1n) is 43.0. The van der Waals surface area contributed by atoms with E-state index < -0.39 is 77.2 Å². The number of hydrogen-bond donors (Lipinski definition) is 5. The molecule has 0 spiro atoms. The summed E-state index contributed by atoms with van der Waals surface area (Å²) in [6, 6.07) is 22.2. The molecule has 2 unspecified atom stereocenters. The van der Waals surface area contributed by atoms with Gasteiger partial charge in [0.2, 0.25) is 47.1 Å². The highest BCUT2D eigenvalue weighted by atomic mass is 32.2. The molecule has 2 atom stereocenters. The van der Waals surface area contributed by atoms with E-state index in [0.717, 1.165) is 90.1 Å². The Morgan fingerprint density at radius 2 is 0.774 bits per heavy atom. The molecule has 20 heterocycles. The van der Waals surface area contributed by atoms with E-state index in [9.17, 15) is 60.0 Å². The average molecular weight is 1940 g/mol. The quantitative estimate of drug-likeness (QED) is 0.0277. The van der Waals surface area contributed by atoms with Crippen LogP contribution in [-0.2, 0) is 77.2 Å². The van der Waals surface area contributed by atoms with Crippen molar-refractivity contribution in [1.82, 2.24) is 130 Å². The highest BCUT2D eigenvalue weighted by Gasteiger charge is 2.57. The first-order chi connectivity index (χ1) is 65.6. The molecule has 15 aromatic rings. The second-order valence-corrected chi connectivity index (χ2v) is 46.8. The van der Waals surface area contributed by atoms with Crippen LogP contribution >= 0.6 is 0 Å². The van der Waals surface area contributed by atoms with Gasteiger partial charge in [-0.05, 0) is 88.7 Å². The number of aromatic amines is 5. The van der Waals surface area contributed by atoms with Gasteiger partial charge in [0, 0.05) is 242 Å². The van der Waals surface area contributed by atoms with Gasteiger partial charge in [-0.25, -0.2) is 68.3 Å². The van der Waals surface area contributed by atoms with Crippen molar-refractivity contribution in [1.29, 1.82) is 26.3 Å². The molecule has 5 saturated heterocycles. The van der Waals surface area contributed by atoms with Gasteiger partial charge in [0.1, 0.15) is 68.0 Å². The number of nitrogens with zero attached hydrogens (tertiary/aromatic N) is 30. The van der Waals surface area contributed by atoms with Gasteiger partial charge < -0.3 is 24.9 Å². The average Bonchev–Trinajstić information content (AvgIpc) is 1.53. The maximum absolute atomic E-state index is 13.3. The lowest BCUT2D eigenvalue weighted by molar-refractivity contribution is 0.0719. The normalized spacial score (nSPS) is 18.1. The van der Waals surface area contributed by atoms with Gasteiger partial charge in [0.15, 0.2) is 5.65 Å². The molecule has 21 rings (SSSR count). The minimum atomic E-state index is -3.31. The fraction of sp³-hybridized carbons (Fsp3) is 0.348. The van der Waals surface area contributed by atoms with Crippen LogP contribution in [0.4, 0.5) is 17.1 Å². The van der Waals surface area contributed by atoms with Crippen molar-refractivity contribution in [2.75, 3.05) is 89.0 Å². The fourth-order valence-corrected chi connectivity index (χ4v) is 24.8. The van der Waals surface area contributed by atoms with Crippen molar-refractivity contribution in [3.8, 4) is 86.2 Å². The van der Waals surface area contributed by atoms with Gasteiger partial charge >= 0.3 is 0 Å². The summed E-state index contributed by atoms with van der Waals surface area (Å²) in [5, 5.41) is 72.4. The molecule has 0 bridgehead atoms. The highest BCUT2D eigenvalue weighted by molar-refractivity contribution is 7.99. The zero-order valence-electron chi connectivity index (χ0n) is 74.7. The lowest BCUT2D eigenvalue weighted by Crippen LogP contribution is -2.65. The van der Waals surface area contributed by atoms with Crippen LogP contribution in [0, 0.1) is 76.4 Å². The third-order valence-electron chi connectivity index (χ3n) is 26.2. The van der Waals surface area contributed by atoms with E-state index in [0.29, 0.717) is 77.2 Å². The van der Waals surface area contributed by atoms with E-state index in [1.54, 1.807) is 142 Å². The molecule has 15 aromatic heterocycles. The molecule has 1 saturated carbocycles. The SMILES string of the molecule is CCS(=O)(=O)N1CC(CC#N)(n2cc(-c3ccnc4nc[nH]c34)cn2)C1.CCS(=O)(=O)N1CC(CC#N)(n2ccc(-c3ncnc4[nH]ccc34)n2)C1.[C-]#[N+]c1cnc2[nH]ccc2c1-c1cnn(C2(CC#N)CN(S(=C)(=O)C3(C)CC3)C2)c1.[C-]#[N+]c1cnc2[nH]ccc2c1-c1cnn(C2(CC#N)CN(S(=C)(C)=O)C2)c1.[C-]#[N+]c1cnc2[nH]ccc2c1-c1cnn(C2(CC#N)CN(S(=O)(=O)CC)C2)c1. The summed E-state index contributed by atoms with van der Waals surface area (Å²) in [5.41, 5.74) is 10.2. The summed E-state index contributed by atoms with van der Waals surface area (Å²) in [6.45, 7) is 32.6. The first-order valence-corrected chi connectivity index (χ1v) is 51.6. The molecule has 5 N–H and O–H groups in total. The van der Waals surface area contributed by atoms with Crippen molar-refractivity contribution in [3.63, 3.8) is 0 Å². The number of sulfonamides is 3. The second kappa shape index (κ2) is 36.0. The van der Waals surface area contributed by atoms with Gasteiger partial charge in [-0.3, -0.25) is 46.8 Å². The van der Waals surface area contributed by atoms with Crippen molar-refractivity contribution >= 4 is 134 Å². The van der Waals surface area contributed by atoms with E-state index in [2.05, 4.69) is 142 Å². The molecule has 48 heteroatoms. The number of fused-ring (bicyclic) bond motifs is 5. The molecular weight excluding hydrogens is 1850 g/mol. The topological polar surface area (TPSA) is 543 Å². The Balaban J connectivity index is 0.000000119. The lowest BCUT2D eigenvalue weighted by Gasteiger charge is -2.51. The monoisotopic (exact) mass is 1940 g/mol. The summed E-state index contributed by atoms with van der Waals surface area (Å²) in [5.74, 6) is 7.88. The Kier molecular flexibility index (Phi) is 24.6. The van der Waals surface area contributed by atoms with E-state index in [-0.39, 0.29) is 93.4 Å². The number of hydrogen-bond acceptors (Lipinski definition) is 25. The summed E-state index contributed by atoms with van der Waals surface area (Å²) < 4.78 is 114. The lowest BCUT2D eigenvalue weighted by atomic mass is 9.89.